The van der Waals surface area contributed by atoms with Crippen LogP contribution in [-0.2, 0) is 0 Å². The molecule has 0 heterocycles. The summed E-state index contributed by atoms with van der Waals surface area (Å²) in [5.41, 5.74) is 0. The highest BCUT2D eigenvalue weighted by molar-refractivity contribution is 4.69. The SMILES string of the molecule is CCCC(C)C(CCC)CNCC(F)(F)F. The summed E-state index contributed by atoms with van der Waals surface area (Å²) in [6, 6.07) is 0. The molecule has 1 nitrogen and oxygen atoms in total. The van der Waals surface area contributed by atoms with Gasteiger partial charge in [0.15, 0.2) is 0 Å². The molecule has 0 saturated carbocycles. The lowest BCUT2D eigenvalue weighted by molar-refractivity contribution is -0.125. The van der Waals surface area contributed by atoms with E-state index in [1.807, 2.05) is 0 Å². The van der Waals surface area contributed by atoms with Crippen molar-refractivity contribution in [2.75, 3.05) is 13.1 Å². The third-order valence-corrected chi connectivity index (χ3v) is 2.94. The Morgan fingerprint density at radius 1 is 1.06 bits per heavy atom. The molecule has 0 aliphatic heterocycles. The molecule has 4 heteroatoms. The van der Waals surface area contributed by atoms with Crippen LogP contribution in [0, 0.1) is 11.8 Å². The molecule has 0 aromatic carbocycles. The van der Waals surface area contributed by atoms with Crippen molar-refractivity contribution in [1.82, 2.24) is 5.32 Å². The summed E-state index contributed by atoms with van der Waals surface area (Å²) in [6.45, 7) is 5.94. The van der Waals surface area contributed by atoms with E-state index in [1.54, 1.807) is 0 Å². The van der Waals surface area contributed by atoms with Crippen LogP contribution in [0.3, 0.4) is 0 Å². The van der Waals surface area contributed by atoms with Crippen molar-refractivity contribution >= 4 is 0 Å². The topological polar surface area (TPSA) is 12.0 Å². The third kappa shape index (κ3) is 7.97. The number of hydrogen-bond donors (Lipinski definition) is 1. The number of alkyl halides is 3. The van der Waals surface area contributed by atoms with Crippen LogP contribution >= 0.6 is 0 Å². The molecule has 0 amide bonds. The minimum absolute atomic E-state index is 0.368. The molecule has 0 aromatic rings. The fourth-order valence-electron chi connectivity index (χ4n) is 2.05. The highest BCUT2D eigenvalue weighted by Crippen LogP contribution is 2.22. The van der Waals surface area contributed by atoms with Crippen molar-refractivity contribution in [3.8, 4) is 0 Å². The number of halogens is 3. The van der Waals surface area contributed by atoms with Gasteiger partial charge in [0.25, 0.3) is 0 Å². The first kappa shape index (κ1) is 15.8. The standard InChI is InChI=1S/C12H24F3N/c1-4-6-10(3)11(7-5-2)8-16-9-12(13,14)15/h10-11,16H,4-9H2,1-3H3. The molecule has 0 saturated heterocycles. The smallest absolute Gasteiger partial charge is 0.308 e. The monoisotopic (exact) mass is 239 g/mol. The van der Waals surface area contributed by atoms with Gasteiger partial charge in [-0.1, -0.05) is 40.0 Å². The first-order valence-corrected chi connectivity index (χ1v) is 6.18. The van der Waals surface area contributed by atoms with Gasteiger partial charge in [0, 0.05) is 0 Å². The Morgan fingerprint density at radius 3 is 2.06 bits per heavy atom. The molecule has 0 spiro atoms. The molecule has 2 unspecified atom stereocenters. The largest absolute Gasteiger partial charge is 0.401 e. The Morgan fingerprint density at radius 2 is 1.62 bits per heavy atom. The molecule has 98 valence electrons. The maximum absolute atomic E-state index is 12.0. The zero-order valence-electron chi connectivity index (χ0n) is 10.5. The first-order valence-electron chi connectivity index (χ1n) is 6.18. The Bertz CT molecular complexity index is 168. The number of nitrogens with one attached hydrogen (secondary N) is 1. The summed E-state index contributed by atoms with van der Waals surface area (Å²) in [6.07, 6.45) is 0.141. The van der Waals surface area contributed by atoms with E-state index < -0.39 is 12.7 Å². The first-order chi connectivity index (χ1) is 7.40. The van der Waals surface area contributed by atoms with Crippen LogP contribution < -0.4 is 5.32 Å². The molecular formula is C12H24F3N. The normalized spacial score (nSPS) is 16.1. The van der Waals surface area contributed by atoms with Gasteiger partial charge in [0.1, 0.15) is 0 Å². The van der Waals surface area contributed by atoms with E-state index >= 15 is 0 Å². The van der Waals surface area contributed by atoms with E-state index in [1.165, 1.54) is 0 Å². The summed E-state index contributed by atoms with van der Waals surface area (Å²) >= 11 is 0. The van der Waals surface area contributed by atoms with Crippen molar-refractivity contribution in [2.24, 2.45) is 11.8 Å². The highest BCUT2D eigenvalue weighted by Gasteiger charge is 2.27. The fraction of sp³-hybridized carbons (Fsp3) is 1.00. The highest BCUT2D eigenvalue weighted by atomic mass is 19.4. The molecule has 0 fully saturated rings. The van der Waals surface area contributed by atoms with Crippen LogP contribution in [0.25, 0.3) is 0 Å². The lowest BCUT2D eigenvalue weighted by Gasteiger charge is -2.24. The Hall–Kier alpha value is -0.250. The van der Waals surface area contributed by atoms with Gasteiger partial charge in [-0.2, -0.15) is 13.2 Å². The molecule has 1 N–H and O–H groups in total. The van der Waals surface area contributed by atoms with Gasteiger partial charge in [0.05, 0.1) is 6.54 Å². The van der Waals surface area contributed by atoms with Crippen LogP contribution in [-0.4, -0.2) is 19.3 Å². The van der Waals surface area contributed by atoms with Crippen LogP contribution in [0.5, 0.6) is 0 Å². The van der Waals surface area contributed by atoms with Crippen molar-refractivity contribution in [3.05, 3.63) is 0 Å². The molecule has 0 aromatic heterocycles. The second kappa shape index (κ2) is 7.93. The number of rotatable bonds is 8. The minimum atomic E-state index is -4.09. The number of hydrogen-bond acceptors (Lipinski definition) is 1. The molecule has 0 rings (SSSR count). The fourth-order valence-corrected chi connectivity index (χ4v) is 2.05. The molecule has 16 heavy (non-hydrogen) atoms. The van der Waals surface area contributed by atoms with E-state index in [4.69, 9.17) is 0 Å². The Kier molecular flexibility index (Phi) is 7.81. The van der Waals surface area contributed by atoms with Crippen LogP contribution in [0.15, 0.2) is 0 Å². The summed E-state index contributed by atoms with van der Waals surface area (Å²) < 4.78 is 35.9. The Labute approximate surface area is 96.8 Å². The van der Waals surface area contributed by atoms with Gasteiger partial charge in [-0.05, 0) is 24.8 Å². The minimum Gasteiger partial charge on any atom is -0.308 e. The second-order valence-electron chi connectivity index (χ2n) is 4.56. The van der Waals surface area contributed by atoms with Crippen LogP contribution in [0.4, 0.5) is 13.2 Å². The van der Waals surface area contributed by atoms with E-state index in [0.717, 1.165) is 25.7 Å². The summed E-state index contributed by atoms with van der Waals surface area (Å²) in [7, 11) is 0. The quantitative estimate of drug-likeness (QED) is 0.675. The van der Waals surface area contributed by atoms with Crippen LogP contribution in [0.1, 0.15) is 46.5 Å². The summed E-state index contributed by atoms with van der Waals surface area (Å²) in [5, 5.41) is 2.52. The predicted molar refractivity (Wildman–Crippen MR) is 61.4 cm³/mol. The van der Waals surface area contributed by atoms with Crippen LogP contribution in [0.2, 0.25) is 0 Å². The molecule has 0 aliphatic carbocycles. The van der Waals surface area contributed by atoms with E-state index in [-0.39, 0.29) is 0 Å². The van der Waals surface area contributed by atoms with E-state index in [9.17, 15) is 13.2 Å². The van der Waals surface area contributed by atoms with Gasteiger partial charge in [0.2, 0.25) is 0 Å². The van der Waals surface area contributed by atoms with Gasteiger partial charge >= 0.3 is 6.18 Å². The second-order valence-corrected chi connectivity index (χ2v) is 4.56. The van der Waals surface area contributed by atoms with Gasteiger partial charge in [-0.25, -0.2) is 0 Å². The summed E-state index contributed by atoms with van der Waals surface area (Å²) in [5.74, 6) is 0.873. The zero-order chi connectivity index (χ0) is 12.6. The lowest BCUT2D eigenvalue weighted by Crippen LogP contribution is -2.34. The average molecular weight is 239 g/mol. The van der Waals surface area contributed by atoms with Crippen molar-refractivity contribution in [2.45, 2.75) is 52.6 Å². The van der Waals surface area contributed by atoms with Crippen molar-refractivity contribution in [3.63, 3.8) is 0 Å². The molecular weight excluding hydrogens is 215 g/mol. The maximum Gasteiger partial charge on any atom is 0.401 e. The van der Waals surface area contributed by atoms with Crippen molar-refractivity contribution < 1.29 is 13.2 Å². The predicted octanol–water partition coefficient (Wildman–Crippen LogP) is 3.99. The average Bonchev–Trinajstić information content (AvgIpc) is 2.15. The van der Waals surface area contributed by atoms with E-state index in [2.05, 4.69) is 26.1 Å². The van der Waals surface area contributed by atoms with Crippen molar-refractivity contribution in [1.29, 1.82) is 0 Å². The van der Waals surface area contributed by atoms with E-state index in [0.29, 0.717) is 18.4 Å². The zero-order valence-corrected chi connectivity index (χ0v) is 10.5. The van der Waals surface area contributed by atoms with Gasteiger partial charge < -0.3 is 5.32 Å². The molecule has 2 atom stereocenters. The van der Waals surface area contributed by atoms with Gasteiger partial charge in [-0.3, -0.25) is 0 Å². The van der Waals surface area contributed by atoms with Gasteiger partial charge in [-0.15, -0.1) is 0 Å². The summed E-state index contributed by atoms with van der Waals surface area (Å²) in [4.78, 5) is 0. The third-order valence-electron chi connectivity index (χ3n) is 2.94. The molecule has 0 aliphatic rings. The molecule has 0 radical (unpaired) electrons. The Balaban J connectivity index is 3.93. The maximum atomic E-state index is 12.0. The lowest BCUT2D eigenvalue weighted by atomic mass is 9.87. The molecule has 0 bridgehead atoms.